The fourth-order valence-electron chi connectivity index (χ4n) is 6.09. The molecule has 0 radical (unpaired) electrons. The van der Waals surface area contributed by atoms with Crippen LogP contribution in [0.2, 0.25) is 0 Å². The monoisotopic (exact) mass is 421 g/mol. The van der Waals surface area contributed by atoms with Gasteiger partial charge in [-0.2, -0.15) is 0 Å². The molecule has 0 aliphatic carbocycles. The minimum Gasteiger partial charge on any atom is -0.373 e. The molecule has 1 N–H and O–H groups in total. The number of anilines is 1. The molecule has 6 heteroatoms. The summed E-state index contributed by atoms with van der Waals surface area (Å²) in [6, 6.07) is 12.6. The highest BCUT2D eigenvalue weighted by atomic mass is 32.2. The second kappa shape index (κ2) is 6.11. The molecule has 3 atom stereocenters. The Bertz CT molecular complexity index is 1310. The number of benzene rings is 2. The van der Waals surface area contributed by atoms with Gasteiger partial charge in [-0.15, -0.1) is 0 Å². The molecule has 1 saturated heterocycles. The van der Waals surface area contributed by atoms with Crippen LogP contribution in [0.15, 0.2) is 41.3 Å². The van der Waals surface area contributed by atoms with Crippen molar-refractivity contribution in [3.05, 3.63) is 58.8 Å². The maximum absolute atomic E-state index is 13.8. The van der Waals surface area contributed by atoms with Gasteiger partial charge in [0.2, 0.25) is 0 Å². The standard InChI is InChI=1S/C24H27N3O2S/c1-14-10-16(30(28,29)22-13-26(2)20-7-5-4-6-17(20)22)12-18-23-19-9-8-15(25-19)11-21(23)27(3)24(14)18/h4-7,10,12,15,19,22,25H,8-9,11,13H2,1-3H3. The first-order chi connectivity index (χ1) is 14.4. The largest absolute Gasteiger partial charge is 0.373 e. The highest BCUT2D eigenvalue weighted by Crippen LogP contribution is 2.45. The fraction of sp³-hybridized carbons (Fsp3) is 0.417. The van der Waals surface area contributed by atoms with Gasteiger partial charge in [-0.25, -0.2) is 8.42 Å². The van der Waals surface area contributed by atoms with E-state index in [1.165, 1.54) is 23.2 Å². The number of hydrogen-bond donors (Lipinski definition) is 1. The number of fused-ring (bicyclic) bond motifs is 7. The summed E-state index contributed by atoms with van der Waals surface area (Å²) in [5.74, 6) is 0. The zero-order valence-corrected chi connectivity index (χ0v) is 18.5. The molecule has 0 saturated carbocycles. The molecule has 3 aliphatic heterocycles. The summed E-state index contributed by atoms with van der Waals surface area (Å²) in [6.07, 6.45) is 3.36. The lowest BCUT2D eigenvalue weighted by molar-refractivity contribution is 0.503. The van der Waals surface area contributed by atoms with E-state index in [1.807, 2.05) is 50.4 Å². The van der Waals surface area contributed by atoms with E-state index >= 15 is 0 Å². The van der Waals surface area contributed by atoms with Crippen LogP contribution in [0.4, 0.5) is 5.69 Å². The molecule has 3 aliphatic rings. The average molecular weight is 422 g/mol. The summed E-state index contributed by atoms with van der Waals surface area (Å²) in [6.45, 7) is 2.55. The van der Waals surface area contributed by atoms with Crippen LogP contribution in [0.25, 0.3) is 10.9 Å². The maximum atomic E-state index is 13.8. The summed E-state index contributed by atoms with van der Waals surface area (Å²) >= 11 is 0. The quantitative estimate of drug-likeness (QED) is 0.684. The van der Waals surface area contributed by atoms with Crippen molar-refractivity contribution >= 4 is 26.4 Å². The molecule has 2 aromatic carbocycles. The number of para-hydroxylation sites is 1. The van der Waals surface area contributed by atoms with E-state index in [-0.39, 0.29) is 0 Å². The van der Waals surface area contributed by atoms with Gasteiger partial charge in [0.15, 0.2) is 9.84 Å². The summed E-state index contributed by atoms with van der Waals surface area (Å²) in [4.78, 5) is 2.51. The zero-order valence-electron chi connectivity index (χ0n) is 17.6. The lowest BCUT2D eigenvalue weighted by Gasteiger charge is -2.23. The molecular weight excluding hydrogens is 394 g/mol. The summed E-state index contributed by atoms with van der Waals surface area (Å²) in [7, 11) is 0.604. The van der Waals surface area contributed by atoms with Gasteiger partial charge in [0.05, 0.1) is 10.4 Å². The average Bonchev–Trinajstić information content (AvgIpc) is 3.36. The Labute approximate surface area is 177 Å². The SMILES string of the molecule is Cc1cc(S(=O)(=O)C2CN(C)c3ccccc32)cc2c3c(n(C)c12)CC1CCC3N1. The molecule has 0 amide bonds. The molecule has 0 spiro atoms. The lowest BCUT2D eigenvalue weighted by atomic mass is 9.98. The minimum atomic E-state index is -3.50. The fourth-order valence-corrected chi connectivity index (χ4v) is 8.00. The van der Waals surface area contributed by atoms with E-state index in [0.29, 0.717) is 23.5 Å². The molecule has 3 aromatic rings. The van der Waals surface area contributed by atoms with Crippen LogP contribution in [0.5, 0.6) is 0 Å². The number of likely N-dealkylation sites (N-methyl/N-ethyl adjacent to an activating group) is 1. The van der Waals surface area contributed by atoms with Gasteiger partial charge in [0.1, 0.15) is 5.25 Å². The van der Waals surface area contributed by atoms with Crippen molar-refractivity contribution in [1.29, 1.82) is 0 Å². The van der Waals surface area contributed by atoms with Crippen molar-refractivity contribution in [3.8, 4) is 0 Å². The molecule has 1 aromatic heterocycles. The minimum absolute atomic E-state index is 0.346. The summed E-state index contributed by atoms with van der Waals surface area (Å²) in [5, 5.41) is 4.32. The highest BCUT2D eigenvalue weighted by Gasteiger charge is 2.39. The molecule has 156 valence electrons. The third-order valence-corrected chi connectivity index (χ3v) is 9.53. The molecule has 1 fully saturated rings. The van der Waals surface area contributed by atoms with E-state index < -0.39 is 15.1 Å². The van der Waals surface area contributed by atoms with E-state index in [1.54, 1.807) is 0 Å². The van der Waals surface area contributed by atoms with Crippen molar-refractivity contribution in [1.82, 2.24) is 9.88 Å². The van der Waals surface area contributed by atoms with Gasteiger partial charge in [0, 0.05) is 55.9 Å². The molecule has 30 heavy (non-hydrogen) atoms. The first-order valence-corrected chi connectivity index (χ1v) is 12.3. The Hall–Kier alpha value is -2.31. The molecule has 5 nitrogen and oxygen atoms in total. The summed E-state index contributed by atoms with van der Waals surface area (Å²) in [5.41, 5.74) is 6.84. The first-order valence-electron chi connectivity index (χ1n) is 10.8. The van der Waals surface area contributed by atoms with E-state index in [9.17, 15) is 8.42 Å². The lowest BCUT2D eigenvalue weighted by Crippen LogP contribution is -2.32. The Morgan fingerprint density at radius 3 is 2.73 bits per heavy atom. The number of aryl methyl sites for hydroxylation is 2. The Morgan fingerprint density at radius 1 is 1.10 bits per heavy atom. The zero-order chi connectivity index (χ0) is 20.8. The van der Waals surface area contributed by atoms with Gasteiger partial charge in [-0.1, -0.05) is 18.2 Å². The maximum Gasteiger partial charge on any atom is 0.187 e. The van der Waals surface area contributed by atoms with Gasteiger partial charge >= 0.3 is 0 Å². The van der Waals surface area contributed by atoms with Gasteiger partial charge in [-0.3, -0.25) is 0 Å². The molecule has 4 heterocycles. The smallest absolute Gasteiger partial charge is 0.187 e. The summed E-state index contributed by atoms with van der Waals surface area (Å²) < 4.78 is 30.0. The van der Waals surface area contributed by atoms with E-state index in [0.717, 1.165) is 35.0 Å². The number of rotatable bonds is 2. The van der Waals surface area contributed by atoms with Crippen LogP contribution in [-0.2, 0) is 23.3 Å². The first kappa shape index (κ1) is 18.5. The van der Waals surface area contributed by atoms with Crippen molar-refractivity contribution in [2.24, 2.45) is 7.05 Å². The van der Waals surface area contributed by atoms with E-state index in [2.05, 4.69) is 21.8 Å². The predicted octanol–water partition coefficient (Wildman–Crippen LogP) is 3.80. The van der Waals surface area contributed by atoms with Crippen LogP contribution in [0.3, 0.4) is 0 Å². The normalized spacial score (nSPS) is 25.0. The van der Waals surface area contributed by atoms with Crippen LogP contribution in [-0.4, -0.2) is 32.6 Å². The van der Waals surface area contributed by atoms with E-state index in [4.69, 9.17) is 0 Å². The molecule has 6 rings (SSSR count). The van der Waals surface area contributed by atoms with Gasteiger partial charge in [-0.05, 0) is 54.7 Å². The van der Waals surface area contributed by atoms with Crippen molar-refractivity contribution in [2.75, 3.05) is 18.5 Å². The topological polar surface area (TPSA) is 54.3 Å². The number of nitrogens with zero attached hydrogens (tertiary/aromatic N) is 2. The van der Waals surface area contributed by atoms with Crippen LogP contribution >= 0.6 is 0 Å². The second-order valence-corrected chi connectivity index (χ2v) is 11.4. The Morgan fingerprint density at radius 2 is 1.90 bits per heavy atom. The number of hydrogen-bond acceptors (Lipinski definition) is 4. The Balaban J connectivity index is 1.54. The van der Waals surface area contributed by atoms with Crippen LogP contribution in [0, 0.1) is 6.92 Å². The second-order valence-electron chi connectivity index (χ2n) is 9.23. The third-order valence-electron chi connectivity index (χ3n) is 7.48. The number of nitrogens with one attached hydrogen (secondary N) is 1. The van der Waals surface area contributed by atoms with Gasteiger partial charge in [0.25, 0.3) is 0 Å². The van der Waals surface area contributed by atoms with Crippen molar-refractivity contribution in [2.45, 2.75) is 48.4 Å². The molecule has 3 unspecified atom stereocenters. The van der Waals surface area contributed by atoms with Crippen LogP contribution < -0.4 is 10.2 Å². The predicted molar refractivity (Wildman–Crippen MR) is 120 cm³/mol. The van der Waals surface area contributed by atoms with Gasteiger partial charge < -0.3 is 14.8 Å². The van der Waals surface area contributed by atoms with Crippen LogP contribution in [0.1, 0.15) is 46.5 Å². The van der Waals surface area contributed by atoms with Crippen molar-refractivity contribution in [3.63, 3.8) is 0 Å². The highest BCUT2D eigenvalue weighted by molar-refractivity contribution is 7.91. The number of sulfone groups is 1. The molecule has 2 bridgehead atoms. The van der Waals surface area contributed by atoms with Crippen molar-refractivity contribution < 1.29 is 8.42 Å². The number of aromatic nitrogens is 1. The molecular formula is C24H27N3O2S. The third kappa shape index (κ3) is 2.35. The Kier molecular flexibility index (Phi) is 3.76.